The molecule has 0 spiro atoms. The highest BCUT2D eigenvalue weighted by molar-refractivity contribution is 5.66. The molecule has 1 aliphatic carbocycles. The molecule has 2 heterocycles. The van der Waals surface area contributed by atoms with Crippen LogP contribution in [-0.4, -0.2) is 47.2 Å². The van der Waals surface area contributed by atoms with Crippen LogP contribution in [0, 0.1) is 11.8 Å². The van der Waals surface area contributed by atoms with Crippen LogP contribution in [0.4, 0.5) is 0 Å². The average molecular weight is 312 g/mol. The van der Waals surface area contributed by atoms with E-state index in [4.69, 9.17) is 14.2 Å². The maximum Gasteiger partial charge on any atom is 0.303 e. The van der Waals surface area contributed by atoms with Crippen molar-refractivity contribution in [2.75, 3.05) is 6.61 Å². The van der Waals surface area contributed by atoms with Crippen molar-refractivity contribution in [3.63, 3.8) is 0 Å². The summed E-state index contributed by atoms with van der Waals surface area (Å²) in [6.07, 6.45) is 3.73. The standard InChI is InChI=1S/C17H28O5/c1-10(9-18)12-5-7-16(3)13(21-16)6-8-17(4)15(22-17)14(12)20-11(2)19/h10,12-15,18H,5-9H2,1-4H3/t10?,12?,13-,14-,15+,16-,17+/m1/s1. The van der Waals surface area contributed by atoms with E-state index in [1.54, 1.807) is 0 Å². The van der Waals surface area contributed by atoms with Crippen LogP contribution in [0.25, 0.3) is 0 Å². The molecule has 1 N–H and O–H groups in total. The Morgan fingerprint density at radius 2 is 1.95 bits per heavy atom. The number of aliphatic hydroxyl groups excluding tert-OH is 1. The number of ether oxygens (including phenoxy) is 3. The van der Waals surface area contributed by atoms with E-state index in [1.807, 2.05) is 6.92 Å². The van der Waals surface area contributed by atoms with Crippen molar-refractivity contribution in [2.45, 2.75) is 82.9 Å². The molecular formula is C17H28O5. The summed E-state index contributed by atoms with van der Waals surface area (Å²) in [5, 5.41) is 9.62. The number of carbonyl (C=O) groups excluding carboxylic acids is 1. The molecule has 2 unspecified atom stereocenters. The number of esters is 1. The van der Waals surface area contributed by atoms with Crippen LogP contribution in [0.1, 0.15) is 53.4 Å². The van der Waals surface area contributed by atoms with Crippen LogP contribution in [0.15, 0.2) is 0 Å². The molecule has 5 heteroatoms. The third kappa shape index (κ3) is 2.91. The van der Waals surface area contributed by atoms with Crippen molar-refractivity contribution >= 4 is 5.97 Å². The van der Waals surface area contributed by atoms with Crippen molar-refractivity contribution < 1.29 is 24.1 Å². The molecule has 0 radical (unpaired) electrons. The van der Waals surface area contributed by atoms with E-state index in [0.717, 1.165) is 25.7 Å². The van der Waals surface area contributed by atoms with Gasteiger partial charge in [-0.2, -0.15) is 0 Å². The van der Waals surface area contributed by atoms with E-state index in [1.165, 1.54) is 6.92 Å². The first-order valence-electron chi connectivity index (χ1n) is 8.43. The summed E-state index contributed by atoms with van der Waals surface area (Å²) in [5.41, 5.74) is -0.274. The average Bonchev–Trinajstić information content (AvgIpc) is 3.31. The topological polar surface area (TPSA) is 71.6 Å². The van der Waals surface area contributed by atoms with Crippen LogP contribution in [0.5, 0.6) is 0 Å². The lowest BCUT2D eigenvalue weighted by Crippen LogP contribution is -2.40. The van der Waals surface area contributed by atoms with Gasteiger partial charge in [-0.15, -0.1) is 0 Å². The molecule has 2 saturated heterocycles. The Morgan fingerprint density at radius 1 is 1.27 bits per heavy atom. The molecule has 3 aliphatic rings. The molecule has 0 amide bonds. The predicted octanol–water partition coefficient (Wildman–Crippen LogP) is 2.05. The van der Waals surface area contributed by atoms with Gasteiger partial charge in [-0.05, 0) is 45.4 Å². The van der Waals surface area contributed by atoms with Gasteiger partial charge in [-0.1, -0.05) is 6.92 Å². The second-order valence-electron chi connectivity index (χ2n) is 7.75. The van der Waals surface area contributed by atoms with Gasteiger partial charge in [0.25, 0.3) is 0 Å². The van der Waals surface area contributed by atoms with Crippen molar-refractivity contribution in [2.24, 2.45) is 11.8 Å². The number of aliphatic hydroxyl groups is 1. The summed E-state index contributed by atoms with van der Waals surface area (Å²) >= 11 is 0. The molecule has 3 fully saturated rings. The van der Waals surface area contributed by atoms with Gasteiger partial charge in [0, 0.05) is 19.4 Å². The van der Waals surface area contributed by atoms with Crippen LogP contribution in [0.3, 0.4) is 0 Å². The van der Waals surface area contributed by atoms with E-state index in [-0.39, 0.29) is 47.8 Å². The van der Waals surface area contributed by atoms with Crippen molar-refractivity contribution in [3.05, 3.63) is 0 Å². The smallest absolute Gasteiger partial charge is 0.303 e. The second kappa shape index (κ2) is 5.46. The molecule has 2 aliphatic heterocycles. The first-order valence-corrected chi connectivity index (χ1v) is 8.43. The summed E-state index contributed by atoms with van der Waals surface area (Å²) in [5.74, 6) is -0.111. The lowest BCUT2D eigenvalue weighted by Gasteiger charge is -2.31. The van der Waals surface area contributed by atoms with E-state index in [2.05, 4.69) is 13.8 Å². The molecule has 22 heavy (non-hydrogen) atoms. The molecule has 0 bridgehead atoms. The molecule has 126 valence electrons. The Labute approximate surface area is 132 Å². The Kier molecular flexibility index (Phi) is 4.03. The lowest BCUT2D eigenvalue weighted by molar-refractivity contribution is -0.152. The highest BCUT2D eigenvalue weighted by Crippen LogP contribution is 2.53. The van der Waals surface area contributed by atoms with Crippen LogP contribution >= 0.6 is 0 Å². The van der Waals surface area contributed by atoms with E-state index < -0.39 is 0 Å². The van der Waals surface area contributed by atoms with Gasteiger partial charge in [0.05, 0.1) is 17.3 Å². The SMILES string of the molecule is CC(=O)O[C@@H]1C(C(C)CO)CC[C@@]2(C)O[C@@H]2CC[C@]2(C)O[C@@H]12. The Hall–Kier alpha value is -0.650. The normalized spacial score (nSPS) is 48.6. The number of epoxide rings is 2. The highest BCUT2D eigenvalue weighted by Gasteiger charge is 2.62. The zero-order valence-electron chi connectivity index (χ0n) is 14.0. The Bertz CT molecular complexity index is 452. The minimum Gasteiger partial charge on any atom is -0.459 e. The van der Waals surface area contributed by atoms with E-state index >= 15 is 0 Å². The molecular weight excluding hydrogens is 284 g/mol. The molecule has 7 atom stereocenters. The highest BCUT2D eigenvalue weighted by atomic mass is 16.6. The van der Waals surface area contributed by atoms with Crippen molar-refractivity contribution in [1.29, 1.82) is 0 Å². The van der Waals surface area contributed by atoms with Crippen molar-refractivity contribution in [1.82, 2.24) is 0 Å². The Morgan fingerprint density at radius 3 is 2.59 bits per heavy atom. The molecule has 0 aromatic heterocycles. The summed E-state index contributed by atoms with van der Waals surface area (Å²) in [6.45, 7) is 7.80. The number of fused-ring (bicyclic) bond motifs is 2. The van der Waals surface area contributed by atoms with Gasteiger partial charge >= 0.3 is 5.97 Å². The van der Waals surface area contributed by atoms with E-state index in [0.29, 0.717) is 6.10 Å². The number of carbonyl (C=O) groups is 1. The third-order valence-electron chi connectivity index (χ3n) is 5.89. The van der Waals surface area contributed by atoms with Gasteiger partial charge in [0.2, 0.25) is 0 Å². The molecule has 5 nitrogen and oxygen atoms in total. The number of hydrogen-bond donors (Lipinski definition) is 1. The maximum absolute atomic E-state index is 11.6. The monoisotopic (exact) mass is 312 g/mol. The van der Waals surface area contributed by atoms with Gasteiger partial charge < -0.3 is 19.3 Å². The quantitative estimate of drug-likeness (QED) is 0.638. The van der Waals surface area contributed by atoms with Crippen LogP contribution in [0.2, 0.25) is 0 Å². The number of hydrogen-bond acceptors (Lipinski definition) is 5. The first-order chi connectivity index (χ1) is 10.3. The Balaban J connectivity index is 1.83. The molecule has 1 saturated carbocycles. The van der Waals surface area contributed by atoms with Crippen LogP contribution in [-0.2, 0) is 19.0 Å². The summed E-state index contributed by atoms with van der Waals surface area (Å²) in [6, 6.07) is 0. The first kappa shape index (κ1) is 16.2. The van der Waals surface area contributed by atoms with Crippen LogP contribution < -0.4 is 0 Å². The fourth-order valence-electron chi connectivity index (χ4n) is 4.09. The van der Waals surface area contributed by atoms with E-state index in [9.17, 15) is 9.90 Å². The maximum atomic E-state index is 11.6. The second-order valence-corrected chi connectivity index (χ2v) is 7.75. The van der Waals surface area contributed by atoms with Gasteiger partial charge in [0.15, 0.2) is 0 Å². The lowest BCUT2D eigenvalue weighted by atomic mass is 9.78. The number of rotatable bonds is 3. The fourth-order valence-corrected chi connectivity index (χ4v) is 4.09. The fraction of sp³-hybridized carbons (Fsp3) is 0.941. The summed E-state index contributed by atoms with van der Waals surface area (Å²) in [4.78, 5) is 11.6. The molecule has 0 aromatic rings. The summed E-state index contributed by atoms with van der Waals surface area (Å²) in [7, 11) is 0. The van der Waals surface area contributed by atoms with Gasteiger partial charge in [-0.3, -0.25) is 4.79 Å². The third-order valence-corrected chi connectivity index (χ3v) is 5.89. The zero-order valence-corrected chi connectivity index (χ0v) is 14.0. The predicted molar refractivity (Wildman–Crippen MR) is 80.3 cm³/mol. The van der Waals surface area contributed by atoms with Gasteiger partial charge in [-0.25, -0.2) is 0 Å². The molecule has 3 rings (SSSR count). The summed E-state index contributed by atoms with van der Waals surface area (Å²) < 4.78 is 17.5. The minimum atomic E-state index is -0.276. The molecule has 0 aromatic carbocycles. The van der Waals surface area contributed by atoms with Gasteiger partial charge in [0.1, 0.15) is 12.2 Å². The largest absolute Gasteiger partial charge is 0.459 e. The minimum absolute atomic E-state index is 0.0493. The van der Waals surface area contributed by atoms with Crippen molar-refractivity contribution in [3.8, 4) is 0 Å². The zero-order chi connectivity index (χ0) is 16.1.